The Hall–Kier alpha value is -1.75. The summed E-state index contributed by atoms with van der Waals surface area (Å²) in [7, 11) is 3.07. The second-order valence-corrected chi connectivity index (χ2v) is 4.86. The maximum atomic E-state index is 10.8. The maximum absolute atomic E-state index is 10.8. The van der Waals surface area contributed by atoms with Gasteiger partial charge in [0.1, 0.15) is 17.8 Å². The van der Waals surface area contributed by atoms with E-state index in [4.69, 9.17) is 9.47 Å². The van der Waals surface area contributed by atoms with Gasteiger partial charge in [0.25, 0.3) is 0 Å². The molecule has 0 spiro atoms. The summed E-state index contributed by atoms with van der Waals surface area (Å²) < 4.78 is 10.5. The first-order valence-corrected chi connectivity index (χ1v) is 6.62. The molecule has 0 aliphatic heterocycles. The molecule has 5 heteroatoms. The van der Waals surface area contributed by atoms with E-state index >= 15 is 0 Å². The van der Waals surface area contributed by atoms with E-state index in [1.54, 1.807) is 12.1 Å². The molecular formula is C14H16O4S. The van der Waals surface area contributed by atoms with Gasteiger partial charge in [-0.3, -0.25) is 9.59 Å². The number of carbonyl (C=O) groups excluding carboxylic acids is 2. The van der Waals surface area contributed by atoms with Gasteiger partial charge in [-0.2, -0.15) is 0 Å². The fraction of sp³-hybridized carbons (Fsp3) is 0.286. The smallest absolute Gasteiger partial charge is 0.186 e. The Bertz CT molecular complexity index is 469. The molecule has 0 N–H and O–H groups in total. The van der Waals surface area contributed by atoms with Gasteiger partial charge in [-0.1, -0.05) is 23.9 Å². The van der Waals surface area contributed by atoms with Crippen molar-refractivity contribution in [3.8, 4) is 11.5 Å². The Labute approximate surface area is 116 Å². The van der Waals surface area contributed by atoms with E-state index in [9.17, 15) is 9.59 Å². The van der Waals surface area contributed by atoms with Crippen molar-refractivity contribution >= 4 is 29.2 Å². The average Bonchev–Trinajstić information content (AvgIpc) is 2.42. The average molecular weight is 280 g/mol. The lowest BCUT2D eigenvalue weighted by molar-refractivity contribution is -0.109. The highest BCUT2D eigenvalue weighted by atomic mass is 32.2. The van der Waals surface area contributed by atoms with Gasteiger partial charge in [0.15, 0.2) is 5.12 Å². The van der Waals surface area contributed by atoms with Gasteiger partial charge in [0, 0.05) is 18.2 Å². The van der Waals surface area contributed by atoms with Gasteiger partial charge >= 0.3 is 0 Å². The van der Waals surface area contributed by atoms with Gasteiger partial charge in [-0.25, -0.2) is 0 Å². The van der Waals surface area contributed by atoms with Crippen LogP contribution in [-0.4, -0.2) is 31.4 Å². The molecule has 0 aromatic heterocycles. The largest absolute Gasteiger partial charge is 0.496 e. The molecular weight excluding hydrogens is 264 g/mol. The molecule has 1 rings (SSSR count). The molecule has 0 radical (unpaired) electrons. The predicted octanol–water partition coefficient (Wildman–Crippen LogP) is 2.81. The second-order valence-electron chi connectivity index (χ2n) is 3.66. The van der Waals surface area contributed by atoms with Crippen LogP contribution in [0.15, 0.2) is 18.2 Å². The SMILES string of the molecule is COc1cc(C=O)cc(OC)c1C=CCSC(C)=O. The third kappa shape index (κ3) is 4.44. The zero-order valence-corrected chi connectivity index (χ0v) is 12.0. The van der Waals surface area contributed by atoms with Crippen molar-refractivity contribution in [2.75, 3.05) is 20.0 Å². The Kier molecular flexibility index (Phi) is 6.15. The number of methoxy groups -OCH3 is 2. The van der Waals surface area contributed by atoms with Gasteiger partial charge in [0.05, 0.1) is 19.8 Å². The second kappa shape index (κ2) is 7.63. The van der Waals surface area contributed by atoms with Crippen molar-refractivity contribution in [2.45, 2.75) is 6.92 Å². The van der Waals surface area contributed by atoms with Crippen molar-refractivity contribution in [3.05, 3.63) is 29.3 Å². The third-order valence-corrected chi connectivity index (χ3v) is 3.14. The van der Waals surface area contributed by atoms with E-state index in [2.05, 4.69) is 0 Å². The van der Waals surface area contributed by atoms with Crippen LogP contribution in [0.3, 0.4) is 0 Å². The highest BCUT2D eigenvalue weighted by molar-refractivity contribution is 8.13. The zero-order chi connectivity index (χ0) is 14.3. The van der Waals surface area contributed by atoms with Crippen LogP contribution in [0.5, 0.6) is 11.5 Å². The lowest BCUT2D eigenvalue weighted by Gasteiger charge is -2.11. The molecule has 0 unspecified atom stereocenters. The minimum Gasteiger partial charge on any atom is -0.496 e. The van der Waals surface area contributed by atoms with Gasteiger partial charge in [-0.05, 0) is 12.1 Å². The van der Waals surface area contributed by atoms with E-state index < -0.39 is 0 Å². The molecule has 0 heterocycles. The monoisotopic (exact) mass is 280 g/mol. The van der Waals surface area contributed by atoms with E-state index in [1.807, 2.05) is 12.2 Å². The van der Waals surface area contributed by atoms with Gasteiger partial charge in [0.2, 0.25) is 0 Å². The molecule has 0 saturated carbocycles. The van der Waals surface area contributed by atoms with Gasteiger partial charge in [-0.15, -0.1) is 0 Å². The molecule has 0 aliphatic rings. The van der Waals surface area contributed by atoms with Crippen LogP contribution in [0.25, 0.3) is 6.08 Å². The molecule has 102 valence electrons. The molecule has 1 aromatic carbocycles. The fourth-order valence-electron chi connectivity index (χ4n) is 1.52. The first-order chi connectivity index (χ1) is 9.12. The summed E-state index contributed by atoms with van der Waals surface area (Å²) in [5.41, 5.74) is 1.24. The molecule has 19 heavy (non-hydrogen) atoms. The lowest BCUT2D eigenvalue weighted by Crippen LogP contribution is -1.95. The highest BCUT2D eigenvalue weighted by Crippen LogP contribution is 2.31. The Morgan fingerprint density at radius 1 is 1.26 bits per heavy atom. The summed E-state index contributed by atoms with van der Waals surface area (Å²) in [4.78, 5) is 21.6. The van der Waals surface area contributed by atoms with Crippen LogP contribution < -0.4 is 9.47 Å². The standard InChI is InChI=1S/C14H16O4S/c1-10(16)19-6-4-5-12-13(17-2)7-11(9-15)8-14(12)18-3/h4-5,7-9H,6H2,1-3H3. The Morgan fingerprint density at radius 3 is 2.26 bits per heavy atom. The van der Waals surface area contributed by atoms with Crippen LogP contribution >= 0.6 is 11.8 Å². The van der Waals surface area contributed by atoms with Crippen molar-refractivity contribution in [1.29, 1.82) is 0 Å². The first kappa shape index (κ1) is 15.3. The summed E-state index contributed by atoms with van der Waals surface area (Å²) in [6.07, 6.45) is 4.42. The Balaban J connectivity index is 3.03. The van der Waals surface area contributed by atoms with Crippen LogP contribution in [0.4, 0.5) is 0 Å². The number of hydrogen-bond acceptors (Lipinski definition) is 5. The van der Waals surface area contributed by atoms with Crippen LogP contribution in [0.2, 0.25) is 0 Å². The van der Waals surface area contributed by atoms with Crippen molar-refractivity contribution < 1.29 is 19.1 Å². The number of rotatable bonds is 6. The molecule has 0 aliphatic carbocycles. The normalized spacial score (nSPS) is 10.5. The molecule has 0 amide bonds. The molecule has 0 bridgehead atoms. The van der Waals surface area contributed by atoms with Crippen molar-refractivity contribution in [3.63, 3.8) is 0 Å². The number of aldehydes is 1. The van der Waals surface area contributed by atoms with Crippen LogP contribution in [-0.2, 0) is 4.79 Å². The number of benzene rings is 1. The van der Waals surface area contributed by atoms with E-state index in [0.29, 0.717) is 22.8 Å². The van der Waals surface area contributed by atoms with Crippen molar-refractivity contribution in [2.24, 2.45) is 0 Å². The summed E-state index contributed by atoms with van der Waals surface area (Å²) in [6.45, 7) is 1.53. The topological polar surface area (TPSA) is 52.6 Å². The molecule has 0 saturated heterocycles. The molecule has 0 fully saturated rings. The predicted molar refractivity (Wildman–Crippen MR) is 77.1 cm³/mol. The van der Waals surface area contributed by atoms with Crippen molar-refractivity contribution in [1.82, 2.24) is 0 Å². The van der Waals surface area contributed by atoms with E-state index in [1.165, 1.54) is 32.9 Å². The number of hydrogen-bond donors (Lipinski definition) is 0. The van der Waals surface area contributed by atoms with E-state index in [0.717, 1.165) is 11.8 Å². The molecule has 4 nitrogen and oxygen atoms in total. The highest BCUT2D eigenvalue weighted by Gasteiger charge is 2.09. The molecule has 1 aromatic rings. The number of carbonyl (C=O) groups is 2. The molecule has 0 atom stereocenters. The maximum Gasteiger partial charge on any atom is 0.186 e. The number of ether oxygens (including phenoxy) is 2. The first-order valence-electron chi connectivity index (χ1n) is 5.63. The Morgan fingerprint density at radius 2 is 1.84 bits per heavy atom. The van der Waals surface area contributed by atoms with Crippen LogP contribution in [0.1, 0.15) is 22.8 Å². The third-order valence-electron chi connectivity index (χ3n) is 2.37. The van der Waals surface area contributed by atoms with Crippen LogP contribution in [0, 0.1) is 0 Å². The summed E-state index contributed by atoms with van der Waals surface area (Å²) >= 11 is 1.22. The minimum atomic E-state index is 0.0693. The quantitative estimate of drug-likeness (QED) is 0.750. The lowest BCUT2D eigenvalue weighted by atomic mass is 10.1. The summed E-state index contributed by atoms with van der Waals surface area (Å²) in [5, 5.41) is 0.0693. The summed E-state index contributed by atoms with van der Waals surface area (Å²) in [6, 6.07) is 3.29. The van der Waals surface area contributed by atoms with E-state index in [-0.39, 0.29) is 5.12 Å². The number of thioether (sulfide) groups is 1. The zero-order valence-electron chi connectivity index (χ0n) is 11.1. The van der Waals surface area contributed by atoms with Gasteiger partial charge < -0.3 is 9.47 Å². The summed E-state index contributed by atoms with van der Waals surface area (Å²) in [5.74, 6) is 1.70. The fourth-order valence-corrected chi connectivity index (χ4v) is 1.95. The minimum absolute atomic E-state index is 0.0693.